The van der Waals surface area contributed by atoms with Gasteiger partial charge in [-0.2, -0.15) is 0 Å². The molecule has 0 atom stereocenters. The average Bonchev–Trinajstić information content (AvgIpc) is 3.11. The normalized spacial score (nSPS) is 11.3. The van der Waals surface area contributed by atoms with Gasteiger partial charge in [0.1, 0.15) is 12.1 Å². The lowest BCUT2D eigenvalue weighted by Gasteiger charge is -2.14. The Bertz CT molecular complexity index is 1740. The number of rotatable bonds is 4. The summed E-state index contributed by atoms with van der Waals surface area (Å²) < 4.78 is 4.34. The molecule has 0 aliphatic heterocycles. The van der Waals surface area contributed by atoms with Gasteiger partial charge in [-0.15, -0.1) is 0 Å². The van der Waals surface area contributed by atoms with Crippen molar-refractivity contribution in [1.29, 1.82) is 0 Å². The summed E-state index contributed by atoms with van der Waals surface area (Å²) in [4.78, 5) is 40.6. The highest BCUT2D eigenvalue weighted by atomic mass is 16.2. The van der Waals surface area contributed by atoms with E-state index in [2.05, 4.69) is 5.32 Å². The SMILES string of the molecule is Cc1ccc(NC(=O)Cn2c(=O)n(-c3ccccc3)c(=O)c3c2c2cc(C)ccc2n3C)c(C)c1. The van der Waals surface area contributed by atoms with E-state index in [1.165, 1.54) is 4.57 Å². The Balaban J connectivity index is 1.76. The highest BCUT2D eigenvalue weighted by Crippen LogP contribution is 2.27. The van der Waals surface area contributed by atoms with Crippen LogP contribution in [0.25, 0.3) is 27.6 Å². The molecule has 3 aromatic carbocycles. The van der Waals surface area contributed by atoms with Crippen LogP contribution < -0.4 is 16.6 Å². The fourth-order valence-corrected chi connectivity index (χ4v) is 4.70. The van der Waals surface area contributed by atoms with Crippen LogP contribution in [0.1, 0.15) is 16.7 Å². The first-order valence-corrected chi connectivity index (χ1v) is 11.4. The van der Waals surface area contributed by atoms with Crippen LogP contribution in [0, 0.1) is 20.8 Å². The van der Waals surface area contributed by atoms with Crippen LogP contribution in [0.3, 0.4) is 0 Å². The number of aryl methyl sites for hydroxylation is 4. The Hall–Kier alpha value is -4.39. The van der Waals surface area contributed by atoms with Gasteiger partial charge in [-0.05, 0) is 56.7 Å². The zero-order valence-corrected chi connectivity index (χ0v) is 20.1. The molecule has 0 unspecified atom stereocenters. The minimum absolute atomic E-state index is 0.233. The van der Waals surface area contributed by atoms with Crippen LogP contribution in [0.4, 0.5) is 5.69 Å². The molecule has 0 radical (unpaired) electrons. The highest BCUT2D eigenvalue weighted by Gasteiger charge is 2.22. The van der Waals surface area contributed by atoms with Crippen LogP contribution in [-0.4, -0.2) is 19.6 Å². The molecule has 5 aromatic rings. The smallest absolute Gasteiger partial charge is 0.336 e. The van der Waals surface area contributed by atoms with Gasteiger partial charge in [0.25, 0.3) is 5.56 Å². The van der Waals surface area contributed by atoms with E-state index < -0.39 is 11.2 Å². The first kappa shape index (κ1) is 22.4. The minimum atomic E-state index is -0.557. The molecule has 5 rings (SSSR count). The first-order chi connectivity index (χ1) is 16.8. The minimum Gasteiger partial charge on any atom is -0.338 e. The van der Waals surface area contributed by atoms with Crippen molar-refractivity contribution < 1.29 is 4.79 Å². The van der Waals surface area contributed by atoms with Crippen molar-refractivity contribution >= 4 is 33.5 Å². The van der Waals surface area contributed by atoms with Crippen molar-refractivity contribution in [2.75, 3.05) is 5.32 Å². The summed E-state index contributed by atoms with van der Waals surface area (Å²) in [6.07, 6.45) is 0. The van der Waals surface area contributed by atoms with Gasteiger partial charge in [0, 0.05) is 18.1 Å². The third-order valence-electron chi connectivity index (χ3n) is 6.40. The van der Waals surface area contributed by atoms with E-state index in [9.17, 15) is 14.4 Å². The molecule has 1 amide bonds. The molecule has 35 heavy (non-hydrogen) atoms. The van der Waals surface area contributed by atoms with Gasteiger partial charge in [-0.25, -0.2) is 9.36 Å². The van der Waals surface area contributed by atoms with Gasteiger partial charge in [0.05, 0.1) is 16.7 Å². The number of hydrogen-bond acceptors (Lipinski definition) is 3. The third kappa shape index (κ3) is 3.75. The van der Waals surface area contributed by atoms with Crippen molar-refractivity contribution in [3.05, 3.63) is 104 Å². The average molecular weight is 467 g/mol. The fraction of sp³-hybridized carbons (Fsp3) is 0.179. The first-order valence-electron chi connectivity index (χ1n) is 11.4. The zero-order valence-electron chi connectivity index (χ0n) is 20.1. The molecular weight excluding hydrogens is 440 g/mol. The molecule has 0 bridgehead atoms. The summed E-state index contributed by atoms with van der Waals surface area (Å²) in [6.45, 7) is 5.64. The second-order valence-electron chi connectivity index (χ2n) is 8.99. The van der Waals surface area contributed by atoms with Gasteiger partial charge in [0.2, 0.25) is 5.91 Å². The van der Waals surface area contributed by atoms with Crippen LogP contribution in [0.5, 0.6) is 0 Å². The van der Waals surface area contributed by atoms with E-state index in [0.29, 0.717) is 22.4 Å². The van der Waals surface area contributed by atoms with E-state index in [-0.39, 0.29) is 12.5 Å². The number of anilines is 1. The molecular formula is C28H26N4O3. The third-order valence-corrected chi connectivity index (χ3v) is 6.40. The van der Waals surface area contributed by atoms with Crippen LogP contribution in [0.15, 0.2) is 76.3 Å². The summed E-state index contributed by atoms with van der Waals surface area (Å²) in [5.41, 5.74) is 4.84. The van der Waals surface area contributed by atoms with Crippen molar-refractivity contribution in [1.82, 2.24) is 13.7 Å². The lowest BCUT2D eigenvalue weighted by Crippen LogP contribution is -2.41. The Kier molecular flexibility index (Phi) is 5.40. The molecule has 7 nitrogen and oxygen atoms in total. The topological polar surface area (TPSA) is 78.0 Å². The Morgan fingerprint density at radius 2 is 1.54 bits per heavy atom. The van der Waals surface area contributed by atoms with Gasteiger partial charge >= 0.3 is 5.69 Å². The molecule has 0 aliphatic carbocycles. The predicted octanol–water partition coefficient (Wildman–Crippen LogP) is 4.21. The van der Waals surface area contributed by atoms with Crippen LogP contribution in [-0.2, 0) is 18.4 Å². The molecule has 176 valence electrons. The van der Waals surface area contributed by atoms with E-state index in [1.54, 1.807) is 35.9 Å². The number of nitrogens with one attached hydrogen (secondary N) is 1. The summed E-state index contributed by atoms with van der Waals surface area (Å²) in [5, 5.41) is 3.69. The van der Waals surface area contributed by atoms with Crippen molar-refractivity contribution in [2.24, 2.45) is 7.05 Å². The maximum Gasteiger partial charge on any atom is 0.336 e. The number of carbonyl (C=O) groups excluding carboxylic acids is 1. The molecule has 0 spiro atoms. The van der Waals surface area contributed by atoms with Gasteiger partial charge < -0.3 is 9.88 Å². The quantitative estimate of drug-likeness (QED) is 0.431. The highest BCUT2D eigenvalue weighted by molar-refractivity contribution is 6.06. The van der Waals surface area contributed by atoms with Crippen molar-refractivity contribution in [3.63, 3.8) is 0 Å². The maximum absolute atomic E-state index is 13.8. The molecule has 7 heteroatoms. The molecule has 0 fully saturated rings. The predicted molar refractivity (Wildman–Crippen MR) is 140 cm³/mol. The van der Waals surface area contributed by atoms with Gasteiger partial charge in [0.15, 0.2) is 0 Å². The largest absolute Gasteiger partial charge is 0.338 e. The number of carbonyl (C=O) groups is 1. The Labute approximate surface area is 201 Å². The van der Waals surface area contributed by atoms with Crippen molar-refractivity contribution in [2.45, 2.75) is 27.3 Å². The summed E-state index contributed by atoms with van der Waals surface area (Å²) in [6, 6.07) is 20.4. The number of benzene rings is 3. The summed E-state index contributed by atoms with van der Waals surface area (Å²) >= 11 is 0. The number of para-hydroxylation sites is 1. The lowest BCUT2D eigenvalue weighted by atomic mass is 10.1. The Morgan fingerprint density at radius 3 is 2.26 bits per heavy atom. The summed E-state index contributed by atoms with van der Waals surface area (Å²) in [5.74, 6) is -0.344. The van der Waals surface area contributed by atoms with Crippen LogP contribution >= 0.6 is 0 Å². The number of nitrogens with zero attached hydrogens (tertiary/aromatic N) is 3. The van der Waals surface area contributed by atoms with Crippen LogP contribution in [0.2, 0.25) is 0 Å². The fourth-order valence-electron chi connectivity index (χ4n) is 4.70. The molecule has 1 N–H and O–H groups in total. The monoisotopic (exact) mass is 466 g/mol. The van der Waals surface area contributed by atoms with E-state index in [0.717, 1.165) is 32.2 Å². The van der Waals surface area contributed by atoms with Gasteiger partial charge in [-0.3, -0.25) is 14.2 Å². The van der Waals surface area contributed by atoms with E-state index in [4.69, 9.17) is 0 Å². The standard InChI is InChI=1S/C28H26N4O3/c1-17-10-12-22(19(3)14-17)29-24(33)16-31-25-21-15-18(2)11-13-23(21)30(4)26(25)27(34)32(28(31)35)20-8-6-5-7-9-20/h5-15H,16H2,1-4H3,(H,29,33). The Morgan fingerprint density at radius 1 is 0.857 bits per heavy atom. The maximum atomic E-state index is 13.8. The van der Waals surface area contributed by atoms with Gasteiger partial charge in [-0.1, -0.05) is 47.5 Å². The van der Waals surface area contributed by atoms with E-state index >= 15 is 0 Å². The zero-order chi connectivity index (χ0) is 24.9. The van der Waals surface area contributed by atoms with Crippen molar-refractivity contribution in [3.8, 4) is 5.69 Å². The number of amides is 1. The lowest BCUT2D eigenvalue weighted by molar-refractivity contribution is -0.116. The second-order valence-corrected chi connectivity index (χ2v) is 8.99. The summed E-state index contributed by atoms with van der Waals surface area (Å²) in [7, 11) is 1.81. The number of fused-ring (bicyclic) bond motifs is 3. The molecule has 2 heterocycles. The number of aromatic nitrogens is 3. The molecule has 0 aliphatic rings. The van der Waals surface area contributed by atoms with E-state index in [1.807, 2.05) is 63.2 Å². The number of hydrogen-bond donors (Lipinski definition) is 1. The molecule has 0 saturated carbocycles. The second kappa shape index (κ2) is 8.43. The molecule has 2 aromatic heterocycles. The molecule has 0 saturated heterocycles.